The van der Waals surface area contributed by atoms with E-state index in [1.165, 1.54) is 0 Å². The van der Waals surface area contributed by atoms with E-state index in [1.54, 1.807) is 0 Å². The van der Waals surface area contributed by atoms with Gasteiger partial charge in [0.2, 0.25) is 0 Å². The average molecular weight is 141 g/mol. The lowest BCUT2D eigenvalue weighted by atomic mass is 9.77. The molecule has 0 spiro atoms. The lowest BCUT2D eigenvalue weighted by Crippen LogP contribution is -2.40. The van der Waals surface area contributed by atoms with E-state index in [0.717, 1.165) is 25.7 Å². The molecule has 1 aliphatic carbocycles. The zero-order chi connectivity index (χ0) is 7.56. The first-order chi connectivity index (χ1) is 4.74. The lowest BCUT2D eigenvalue weighted by molar-refractivity contribution is -0.125. The molecule has 58 valence electrons. The van der Waals surface area contributed by atoms with Gasteiger partial charge >= 0.3 is 0 Å². The summed E-state index contributed by atoms with van der Waals surface area (Å²) in [6, 6.07) is 0.311. The molecule has 0 amide bonds. The van der Waals surface area contributed by atoms with E-state index in [9.17, 15) is 4.79 Å². The van der Waals surface area contributed by atoms with Crippen molar-refractivity contribution < 1.29 is 4.79 Å². The highest BCUT2D eigenvalue weighted by Gasteiger charge is 2.30. The second-order valence-electron chi connectivity index (χ2n) is 3.14. The van der Waals surface area contributed by atoms with Crippen LogP contribution in [0, 0.1) is 5.92 Å². The summed E-state index contributed by atoms with van der Waals surface area (Å²) < 4.78 is 0. The number of carbonyl (C=O) groups excluding carboxylic acids is 1. The SMILES string of the molecule is CCCC(=O)C1CC(N)C1. The van der Waals surface area contributed by atoms with Gasteiger partial charge in [0.1, 0.15) is 5.78 Å². The van der Waals surface area contributed by atoms with Crippen molar-refractivity contribution in [2.45, 2.75) is 38.6 Å². The van der Waals surface area contributed by atoms with Gasteiger partial charge in [0.05, 0.1) is 0 Å². The number of carbonyl (C=O) groups is 1. The van der Waals surface area contributed by atoms with Crippen molar-refractivity contribution in [2.75, 3.05) is 0 Å². The van der Waals surface area contributed by atoms with Gasteiger partial charge in [-0.2, -0.15) is 0 Å². The predicted molar refractivity (Wildman–Crippen MR) is 40.6 cm³/mol. The van der Waals surface area contributed by atoms with Crippen molar-refractivity contribution in [2.24, 2.45) is 11.7 Å². The van der Waals surface area contributed by atoms with E-state index in [2.05, 4.69) is 0 Å². The van der Waals surface area contributed by atoms with Gasteiger partial charge in [-0.25, -0.2) is 0 Å². The molecule has 1 aliphatic rings. The van der Waals surface area contributed by atoms with Crippen LogP contribution in [0.25, 0.3) is 0 Å². The van der Waals surface area contributed by atoms with Gasteiger partial charge < -0.3 is 5.73 Å². The molecule has 2 heteroatoms. The number of Topliss-reactive ketones (excluding diaryl/α,β-unsaturated/α-hetero) is 1. The Bertz CT molecular complexity index is 127. The first-order valence-corrected chi connectivity index (χ1v) is 4.02. The summed E-state index contributed by atoms with van der Waals surface area (Å²) in [6.07, 6.45) is 3.58. The van der Waals surface area contributed by atoms with E-state index in [-0.39, 0.29) is 0 Å². The maximum absolute atomic E-state index is 11.1. The lowest BCUT2D eigenvalue weighted by Gasteiger charge is -2.30. The van der Waals surface area contributed by atoms with Crippen LogP contribution >= 0.6 is 0 Å². The number of ketones is 1. The van der Waals surface area contributed by atoms with Crippen LogP contribution in [-0.4, -0.2) is 11.8 Å². The van der Waals surface area contributed by atoms with Crippen LogP contribution < -0.4 is 5.73 Å². The average Bonchev–Trinajstić information content (AvgIpc) is 1.82. The van der Waals surface area contributed by atoms with Crippen LogP contribution in [0.5, 0.6) is 0 Å². The predicted octanol–water partition coefficient (Wildman–Crippen LogP) is 1.09. The van der Waals surface area contributed by atoms with Gasteiger partial charge in [0.15, 0.2) is 0 Å². The number of nitrogens with two attached hydrogens (primary N) is 1. The molecule has 1 rings (SSSR count). The Morgan fingerprint density at radius 3 is 2.60 bits per heavy atom. The molecule has 0 heterocycles. The van der Waals surface area contributed by atoms with Crippen molar-refractivity contribution >= 4 is 5.78 Å². The standard InChI is InChI=1S/C8H15NO/c1-2-3-8(10)6-4-7(9)5-6/h6-7H,2-5,9H2,1H3. The van der Waals surface area contributed by atoms with Crippen molar-refractivity contribution in [3.05, 3.63) is 0 Å². The molecule has 0 atom stereocenters. The van der Waals surface area contributed by atoms with Crippen LogP contribution in [0.2, 0.25) is 0 Å². The fourth-order valence-electron chi connectivity index (χ4n) is 1.38. The zero-order valence-corrected chi connectivity index (χ0v) is 6.47. The molecule has 2 N–H and O–H groups in total. The topological polar surface area (TPSA) is 43.1 Å². The second-order valence-corrected chi connectivity index (χ2v) is 3.14. The van der Waals surface area contributed by atoms with Crippen molar-refractivity contribution in [3.8, 4) is 0 Å². The minimum atomic E-state index is 0.311. The van der Waals surface area contributed by atoms with E-state index in [0.29, 0.717) is 17.7 Å². The van der Waals surface area contributed by atoms with Crippen LogP contribution in [0.1, 0.15) is 32.6 Å². The van der Waals surface area contributed by atoms with Crippen molar-refractivity contribution in [1.29, 1.82) is 0 Å². The van der Waals surface area contributed by atoms with Crippen molar-refractivity contribution in [1.82, 2.24) is 0 Å². The maximum Gasteiger partial charge on any atom is 0.136 e. The number of rotatable bonds is 3. The number of hydrogen-bond acceptors (Lipinski definition) is 2. The van der Waals surface area contributed by atoms with Crippen LogP contribution in [0.3, 0.4) is 0 Å². The van der Waals surface area contributed by atoms with Gasteiger partial charge in [-0.1, -0.05) is 6.92 Å². The Labute approximate surface area is 61.8 Å². The normalized spacial score (nSPS) is 31.4. The smallest absolute Gasteiger partial charge is 0.136 e. The highest BCUT2D eigenvalue weighted by Crippen LogP contribution is 2.27. The summed E-state index contributed by atoms with van der Waals surface area (Å²) in [6.45, 7) is 2.04. The Morgan fingerprint density at radius 1 is 1.60 bits per heavy atom. The van der Waals surface area contributed by atoms with E-state index < -0.39 is 0 Å². The van der Waals surface area contributed by atoms with Crippen molar-refractivity contribution in [3.63, 3.8) is 0 Å². The Balaban J connectivity index is 2.18. The molecule has 1 saturated carbocycles. The zero-order valence-electron chi connectivity index (χ0n) is 6.47. The third-order valence-corrected chi connectivity index (χ3v) is 2.13. The summed E-state index contributed by atoms with van der Waals surface area (Å²) >= 11 is 0. The molecule has 0 saturated heterocycles. The fraction of sp³-hybridized carbons (Fsp3) is 0.875. The molecule has 0 radical (unpaired) electrons. The van der Waals surface area contributed by atoms with Gasteiger partial charge in [0, 0.05) is 18.4 Å². The van der Waals surface area contributed by atoms with Crippen LogP contribution in [0.4, 0.5) is 0 Å². The monoisotopic (exact) mass is 141 g/mol. The first-order valence-electron chi connectivity index (χ1n) is 4.02. The molecule has 10 heavy (non-hydrogen) atoms. The third-order valence-electron chi connectivity index (χ3n) is 2.13. The van der Waals surface area contributed by atoms with Gasteiger partial charge in [0.25, 0.3) is 0 Å². The molecule has 0 aromatic rings. The molecule has 0 aromatic carbocycles. The van der Waals surface area contributed by atoms with E-state index in [1.807, 2.05) is 6.92 Å². The van der Waals surface area contributed by atoms with Gasteiger partial charge in [-0.15, -0.1) is 0 Å². The van der Waals surface area contributed by atoms with Crippen LogP contribution in [-0.2, 0) is 4.79 Å². The molecule has 0 bridgehead atoms. The Morgan fingerprint density at radius 2 is 2.20 bits per heavy atom. The first kappa shape index (κ1) is 7.73. The highest BCUT2D eigenvalue weighted by molar-refractivity contribution is 5.81. The Hall–Kier alpha value is -0.370. The minimum absolute atomic E-state index is 0.311. The Kier molecular flexibility index (Phi) is 2.44. The molecule has 0 aromatic heterocycles. The largest absolute Gasteiger partial charge is 0.328 e. The van der Waals surface area contributed by atoms with Crippen LogP contribution in [0.15, 0.2) is 0 Å². The molecule has 0 aliphatic heterocycles. The molecule has 1 fully saturated rings. The fourth-order valence-corrected chi connectivity index (χ4v) is 1.38. The maximum atomic E-state index is 11.1. The summed E-state index contributed by atoms with van der Waals surface area (Å²) in [4.78, 5) is 11.1. The van der Waals surface area contributed by atoms with Gasteiger partial charge in [-0.3, -0.25) is 4.79 Å². The molecule has 2 nitrogen and oxygen atoms in total. The summed E-state index contributed by atoms with van der Waals surface area (Å²) in [7, 11) is 0. The minimum Gasteiger partial charge on any atom is -0.328 e. The summed E-state index contributed by atoms with van der Waals surface area (Å²) in [5.41, 5.74) is 5.55. The molecule has 0 unspecified atom stereocenters. The highest BCUT2D eigenvalue weighted by atomic mass is 16.1. The summed E-state index contributed by atoms with van der Waals surface area (Å²) in [5, 5.41) is 0. The molecular weight excluding hydrogens is 126 g/mol. The van der Waals surface area contributed by atoms with E-state index in [4.69, 9.17) is 5.73 Å². The van der Waals surface area contributed by atoms with Gasteiger partial charge in [-0.05, 0) is 19.3 Å². The number of hydrogen-bond donors (Lipinski definition) is 1. The van der Waals surface area contributed by atoms with E-state index >= 15 is 0 Å². The molecular formula is C8H15NO. The second kappa shape index (κ2) is 3.15. The summed E-state index contributed by atoms with van der Waals surface area (Å²) in [5.74, 6) is 0.735. The quantitative estimate of drug-likeness (QED) is 0.639. The third kappa shape index (κ3) is 1.57.